The molecule has 1 heterocycles. The lowest BCUT2D eigenvalue weighted by Gasteiger charge is -2.20. The predicted molar refractivity (Wildman–Crippen MR) is 74.6 cm³/mol. The number of para-hydroxylation sites is 1. The zero-order chi connectivity index (χ0) is 11.9. The van der Waals surface area contributed by atoms with E-state index in [4.69, 9.17) is 0 Å². The largest absolute Gasteiger partial charge is 0.256 e. The highest BCUT2D eigenvalue weighted by Gasteiger charge is 2.17. The molecule has 0 amide bonds. The molecule has 0 aliphatic heterocycles. The van der Waals surface area contributed by atoms with E-state index in [9.17, 15) is 0 Å². The number of nitrogens with zero attached hydrogens (tertiary/aromatic N) is 1. The molecule has 0 saturated carbocycles. The van der Waals surface area contributed by atoms with Crippen LogP contribution in [0.25, 0.3) is 22.0 Å². The zero-order valence-corrected chi connectivity index (χ0v) is 10.1. The second-order valence-electron chi connectivity index (χ2n) is 4.82. The van der Waals surface area contributed by atoms with Crippen molar-refractivity contribution in [2.24, 2.45) is 0 Å². The summed E-state index contributed by atoms with van der Waals surface area (Å²) in [5.74, 6) is 0. The van der Waals surface area contributed by atoms with Crippen LogP contribution < -0.4 is 0 Å². The third-order valence-electron chi connectivity index (χ3n) is 3.84. The van der Waals surface area contributed by atoms with Gasteiger partial charge in [0.15, 0.2) is 0 Å². The molecule has 4 rings (SSSR count). The predicted octanol–water partition coefficient (Wildman–Crippen LogP) is 4.00. The van der Waals surface area contributed by atoms with Gasteiger partial charge in [0.05, 0.1) is 5.52 Å². The number of hydrogen-bond donors (Lipinski definition) is 0. The molecule has 1 nitrogen and oxygen atoms in total. The Kier molecular flexibility index (Phi) is 2.01. The number of rotatable bonds is 0. The average molecular weight is 231 g/mol. The van der Waals surface area contributed by atoms with Crippen LogP contribution in [-0.2, 0) is 12.8 Å². The smallest absolute Gasteiger partial charge is 0.0705 e. The van der Waals surface area contributed by atoms with Crippen LogP contribution in [0.4, 0.5) is 0 Å². The van der Waals surface area contributed by atoms with E-state index in [-0.39, 0.29) is 0 Å². The number of benzene rings is 2. The minimum Gasteiger partial charge on any atom is -0.256 e. The average Bonchev–Trinajstić information content (AvgIpc) is 2.46. The Balaban J connectivity index is 2.09. The first-order chi connectivity index (χ1) is 8.93. The van der Waals surface area contributed by atoms with Gasteiger partial charge >= 0.3 is 0 Å². The fourth-order valence-electron chi connectivity index (χ4n) is 2.96. The van der Waals surface area contributed by atoms with Crippen molar-refractivity contribution >= 4 is 10.9 Å². The number of hydrogen-bond acceptors (Lipinski definition) is 1. The van der Waals surface area contributed by atoms with Crippen LogP contribution in [0.5, 0.6) is 0 Å². The molecule has 1 aliphatic carbocycles. The van der Waals surface area contributed by atoms with Gasteiger partial charge in [-0.15, -0.1) is 0 Å². The fraction of sp³-hybridized carbons (Fsp3) is 0.118. The molecule has 0 atom stereocenters. The van der Waals surface area contributed by atoms with E-state index in [0.717, 1.165) is 18.4 Å². The van der Waals surface area contributed by atoms with Crippen LogP contribution in [0.1, 0.15) is 11.1 Å². The summed E-state index contributed by atoms with van der Waals surface area (Å²) in [4.78, 5) is 4.59. The summed E-state index contributed by atoms with van der Waals surface area (Å²) < 4.78 is 0. The Hall–Kier alpha value is -2.15. The van der Waals surface area contributed by atoms with Crippen molar-refractivity contribution in [3.05, 3.63) is 65.9 Å². The molecule has 86 valence electrons. The third kappa shape index (κ3) is 1.31. The van der Waals surface area contributed by atoms with E-state index in [1.807, 2.05) is 6.20 Å². The first-order valence-corrected chi connectivity index (χ1v) is 6.38. The molecule has 1 aromatic heterocycles. The van der Waals surface area contributed by atoms with Crippen LogP contribution in [0, 0.1) is 0 Å². The van der Waals surface area contributed by atoms with Gasteiger partial charge in [-0.1, -0.05) is 42.5 Å². The first kappa shape index (κ1) is 9.84. The Bertz CT molecular complexity index is 743. The lowest BCUT2D eigenvalue weighted by atomic mass is 9.85. The highest BCUT2D eigenvalue weighted by atomic mass is 14.7. The molecule has 0 saturated heterocycles. The summed E-state index contributed by atoms with van der Waals surface area (Å²) >= 11 is 0. The van der Waals surface area contributed by atoms with Crippen molar-refractivity contribution in [1.82, 2.24) is 4.98 Å². The molecule has 1 heteroatoms. The number of fused-ring (bicyclic) bond motifs is 5. The molecule has 0 N–H and O–H groups in total. The summed E-state index contributed by atoms with van der Waals surface area (Å²) in [5.41, 5.74) is 6.68. The van der Waals surface area contributed by atoms with Crippen molar-refractivity contribution in [2.45, 2.75) is 12.8 Å². The van der Waals surface area contributed by atoms with Crippen molar-refractivity contribution < 1.29 is 0 Å². The Morgan fingerprint density at radius 2 is 1.61 bits per heavy atom. The monoisotopic (exact) mass is 231 g/mol. The molecule has 0 spiro atoms. The van der Waals surface area contributed by atoms with Crippen LogP contribution in [0.2, 0.25) is 0 Å². The summed E-state index contributed by atoms with van der Waals surface area (Å²) in [5, 5.41) is 1.31. The lowest BCUT2D eigenvalue weighted by molar-refractivity contribution is 0.948. The van der Waals surface area contributed by atoms with Gasteiger partial charge in [-0.3, -0.25) is 4.98 Å². The molecule has 0 radical (unpaired) electrons. The minimum absolute atomic E-state index is 1.11. The van der Waals surface area contributed by atoms with Gasteiger partial charge in [-0.2, -0.15) is 0 Å². The van der Waals surface area contributed by atoms with E-state index < -0.39 is 0 Å². The van der Waals surface area contributed by atoms with E-state index >= 15 is 0 Å². The zero-order valence-electron chi connectivity index (χ0n) is 10.1. The fourth-order valence-corrected chi connectivity index (χ4v) is 2.96. The summed E-state index contributed by atoms with van der Waals surface area (Å²) in [6.07, 6.45) is 4.29. The molecule has 2 aromatic carbocycles. The highest BCUT2D eigenvalue weighted by Crippen LogP contribution is 2.36. The number of aryl methyl sites for hydroxylation is 2. The molecule has 3 aromatic rings. The molecule has 0 unspecified atom stereocenters. The number of pyridine rings is 1. The second-order valence-corrected chi connectivity index (χ2v) is 4.82. The SMILES string of the molecule is c1ccc2c(c1)CCc1c-2cnc2ccccc12. The van der Waals surface area contributed by atoms with Crippen molar-refractivity contribution in [3.63, 3.8) is 0 Å². The van der Waals surface area contributed by atoms with Gasteiger partial charge in [-0.25, -0.2) is 0 Å². The minimum atomic E-state index is 1.11. The van der Waals surface area contributed by atoms with Gasteiger partial charge in [-0.05, 0) is 35.6 Å². The normalized spacial score (nSPS) is 13.1. The first-order valence-electron chi connectivity index (χ1n) is 6.38. The number of aromatic nitrogens is 1. The van der Waals surface area contributed by atoms with E-state index in [1.54, 1.807) is 0 Å². The van der Waals surface area contributed by atoms with Gasteiger partial charge in [0.25, 0.3) is 0 Å². The van der Waals surface area contributed by atoms with Crippen molar-refractivity contribution in [3.8, 4) is 11.1 Å². The molecule has 0 bridgehead atoms. The maximum absolute atomic E-state index is 4.59. The van der Waals surface area contributed by atoms with Crippen molar-refractivity contribution in [1.29, 1.82) is 0 Å². The lowest BCUT2D eigenvalue weighted by Crippen LogP contribution is -2.05. The molecule has 1 aliphatic rings. The Labute approximate surface area is 106 Å². The summed E-state index contributed by atoms with van der Waals surface area (Å²) in [7, 11) is 0. The Morgan fingerprint density at radius 1 is 0.778 bits per heavy atom. The standard InChI is InChI=1S/C17H13N/c1-2-6-13-12(5-1)9-10-14-15-7-3-4-8-17(15)18-11-16(13)14/h1-8,11H,9-10H2. The maximum atomic E-state index is 4.59. The van der Waals surface area contributed by atoms with Crippen LogP contribution >= 0.6 is 0 Å². The van der Waals surface area contributed by atoms with Crippen LogP contribution in [0.3, 0.4) is 0 Å². The van der Waals surface area contributed by atoms with Gasteiger partial charge in [0.2, 0.25) is 0 Å². The van der Waals surface area contributed by atoms with Gasteiger partial charge in [0.1, 0.15) is 0 Å². The molecule has 18 heavy (non-hydrogen) atoms. The topological polar surface area (TPSA) is 12.9 Å². The van der Waals surface area contributed by atoms with Crippen LogP contribution in [-0.4, -0.2) is 4.98 Å². The van der Waals surface area contributed by atoms with Gasteiger partial charge in [0, 0.05) is 17.1 Å². The summed E-state index contributed by atoms with van der Waals surface area (Å²) in [6.45, 7) is 0. The second kappa shape index (κ2) is 3.67. The van der Waals surface area contributed by atoms with E-state index in [1.165, 1.54) is 27.6 Å². The maximum Gasteiger partial charge on any atom is 0.0705 e. The van der Waals surface area contributed by atoms with Crippen molar-refractivity contribution in [2.75, 3.05) is 0 Å². The third-order valence-corrected chi connectivity index (χ3v) is 3.84. The summed E-state index contributed by atoms with van der Waals surface area (Å²) in [6, 6.07) is 17.1. The highest BCUT2D eigenvalue weighted by molar-refractivity contribution is 5.90. The Morgan fingerprint density at radius 3 is 2.61 bits per heavy atom. The van der Waals surface area contributed by atoms with E-state index in [2.05, 4.69) is 53.5 Å². The van der Waals surface area contributed by atoms with Crippen LogP contribution in [0.15, 0.2) is 54.7 Å². The van der Waals surface area contributed by atoms with Gasteiger partial charge < -0.3 is 0 Å². The quantitative estimate of drug-likeness (QED) is 0.570. The molecular weight excluding hydrogens is 218 g/mol. The molecule has 0 fully saturated rings. The molecular formula is C17H13N. The van der Waals surface area contributed by atoms with E-state index in [0.29, 0.717) is 0 Å².